The fraction of sp³-hybridized carbons (Fsp3) is 0.364. The van der Waals surface area contributed by atoms with Crippen LogP contribution in [0.15, 0.2) is 24.3 Å². The van der Waals surface area contributed by atoms with E-state index in [2.05, 4.69) is 0 Å². The third kappa shape index (κ3) is 3.06. The molecule has 1 aromatic rings. The maximum atomic E-state index is 11.9. The van der Waals surface area contributed by atoms with Gasteiger partial charge in [-0.05, 0) is 12.1 Å². The Bertz CT molecular complexity index is 447. The van der Waals surface area contributed by atoms with Crippen molar-refractivity contribution in [2.45, 2.75) is 12.3 Å². The van der Waals surface area contributed by atoms with E-state index >= 15 is 0 Å². The number of amides is 1. The van der Waals surface area contributed by atoms with E-state index < -0.39 is 24.7 Å². The fourth-order valence-electron chi connectivity index (χ4n) is 1.45. The van der Waals surface area contributed by atoms with E-state index in [0.717, 1.165) is 0 Å². The highest BCUT2D eigenvalue weighted by molar-refractivity contribution is 5.81. The van der Waals surface area contributed by atoms with Crippen molar-refractivity contribution in [1.82, 2.24) is 5.32 Å². The second-order valence-corrected chi connectivity index (χ2v) is 3.70. The summed E-state index contributed by atoms with van der Waals surface area (Å²) in [7, 11) is 0. The van der Waals surface area contributed by atoms with Crippen LogP contribution in [0.4, 0.5) is 13.2 Å². The number of nitrogens with one attached hydrogen (secondary N) is 1. The molecule has 0 aliphatic carbocycles. The Morgan fingerprint density at radius 3 is 2.67 bits per heavy atom. The zero-order valence-corrected chi connectivity index (χ0v) is 9.16. The summed E-state index contributed by atoms with van der Waals surface area (Å²) >= 11 is 0. The van der Waals surface area contributed by atoms with E-state index in [0.29, 0.717) is 11.5 Å². The summed E-state index contributed by atoms with van der Waals surface area (Å²) in [5.74, 6) is -0.0323. The molecule has 1 atom stereocenters. The Morgan fingerprint density at radius 1 is 1.33 bits per heavy atom. The quantitative estimate of drug-likeness (QED) is 0.877. The first-order chi connectivity index (χ1) is 8.46. The molecule has 1 aliphatic rings. The lowest BCUT2D eigenvalue weighted by Gasteiger charge is -2.25. The number of carbonyl (C=O) groups excluding carboxylic acids is 1. The summed E-state index contributed by atoms with van der Waals surface area (Å²) in [6.07, 6.45) is -5.51. The maximum absolute atomic E-state index is 11.9. The van der Waals surface area contributed by atoms with Crippen molar-refractivity contribution in [3.8, 4) is 11.5 Å². The average molecular weight is 261 g/mol. The van der Waals surface area contributed by atoms with Crippen LogP contribution >= 0.6 is 0 Å². The number of alkyl halides is 3. The first-order valence-electron chi connectivity index (χ1n) is 5.19. The summed E-state index contributed by atoms with van der Waals surface area (Å²) in [6.45, 7) is -1.49. The third-order valence-corrected chi connectivity index (χ3v) is 2.26. The summed E-state index contributed by atoms with van der Waals surface area (Å²) < 4.78 is 46.3. The van der Waals surface area contributed by atoms with Gasteiger partial charge in [-0.2, -0.15) is 13.2 Å². The van der Waals surface area contributed by atoms with Crippen molar-refractivity contribution in [3.05, 3.63) is 24.3 Å². The lowest BCUT2D eigenvalue weighted by Crippen LogP contribution is -2.46. The van der Waals surface area contributed by atoms with E-state index in [1.807, 2.05) is 0 Å². The number of fused-ring (bicyclic) bond motifs is 1. The standard InChI is InChI=1S/C11H10F3NO3/c12-11(13,14)6-15-10(16)9-5-17-7-3-1-2-4-8(7)18-9/h1-4,9H,5-6H2,(H,15,16). The monoisotopic (exact) mass is 261 g/mol. The normalized spacial score (nSPS) is 18.3. The number of hydrogen-bond acceptors (Lipinski definition) is 3. The molecule has 18 heavy (non-hydrogen) atoms. The molecule has 1 unspecified atom stereocenters. The van der Waals surface area contributed by atoms with Crippen molar-refractivity contribution < 1.29 is 27.4 Å². The molecule has 0 saturated carbocycles. The molecular weight excluding hydrogens is 251 g/mol. The third-order valence-electron chi connectivity index (χ3n) is 2.26. The molecule has 0 spiro atoms. The minimum atomic E-state index is -4.44. The lowest BCUT2D eigenvalue weighted by atomic mass is 10.2. The van der Waals surface area contributed by atoms with Crippen molar-refractivity contribution in [2.75, 3.05) is 13.2 Å². The second-order valence-electron chi connectivity index (χ2n) is 3.70. The molecular formula is C11H10F3NO3. The predicted molar refractivity (Wildman–Crippen MR) is 55.4 cm³/mol. The van der Waals surface area contributed by atoms with Gasteiger partial charge < -0.3 is 14.8 Å². The van der Waals surface area contributed by atoms with Crippen molar-refractivity contribution >= 4 is 5.91 Å². The van der Waals surface area contributed by atoms with Gasteiger partial charge in [0.2, 0.25) is 6.10 Å². The van der Waals surface area contributed by atoms with Gasteiger partial charge in [-0.15, -0.1) is 0 Å². The molecule has 0 fully saturated rings. The number of ether oxygens (including phenoxy) is 2. The van der Waals surface area contributed by atoms with Crippen LogP contribution in [0.1, 0.15) is 0 Å². The Balaban J connectivity index is 1.95. The van der Waals surface area contributed by atoms with Crippen LogP contribution in [0, 0.1) is 0 Å². The minimum Gasteiger partial charge on any atom is -0.485 e. The van der Waals surface area contributed by atoms with Crippen LogP contribution in [0.25, 0.3) is 0 Å². The number of halogens is 3. The van der Waals surface area contributed by atoms with Gasteiger partial charge in [0.1, 0.15) is 13.2 Å². The largest absolute Gasteiger partial charge is 0.485 e. The first-order valence-corrected chi connectivity index (χ1v) is 5.19. The number of rotatable bonds is 2. The van der Waals surface area contributed by atoms with Gasteiger partial charge in [-0.3, -0.25) is 4.79 Å². The highest BCUT2D eigenvalue weighted by Crippen LogP contribution is 2.30. The van der Waals surface area contributed by atoms with Gasteiger partial charge in [0, 0.05) is 0 Å². The fourth-order valence-corrected chi connectivity index (χ4v) is 1.45. The van der Waals surface area contributed by atoms with E-state index in [1.54, 1.807) is 29.6 Å². The Kier molecular flexibility index (Phi) is 3.31. The van der Waals surface area contributed by atoms with Crippen molar-refractivity contribution in [2.24, 2.45) is 0 Å². The van der Waals surface area contributed by atoms with Crippen molar-refractivity contribution in [3.63, 3.8) is 0 Å². The van der Waals surface area contributed by atoms with Crippen LogP contribution < -0.4 is 14.8 Å². The molecule has 1 aliphatic heterocycles. The molecule has 2 rings (SSSR count). The number of hydrogen-bond donors (Lipinski definition) is 1. The number of benzene rings is 1. The van der Waals surface area contributed by atoms with E-state index in [-0.39, 0.29) is 6.61 Å². The molecule has 7 heteroatoms. The predicted octanol–water partition coefficient (Wildman–Crippen LogP) is 1.50. The maximum Gasteiger partial charge on any atom is 0.405 e. The zero-order valence-electron chi connectivity index (χ0n) is 9.16. The van der Waals surface area contributed by atoms with Gasteiger partial charge in [0.05, 0.1) is 0 Å². The summed E-state index contributed by atoms with van der Waals surface area (Å²) in [4.78, 5) is 11.4. The van der Waals surface area contributed by atoms with E-state index in [4.69, 9.17) is 9.47 Å². The average Bonchev–Trinajstić information content (AvgIpc) is 2.34. The molecule has 4 nitrogen and oxygen atoms in total. The smallest absolute Gasteiger partial charge is 0.405 e. The highest BCUT2D eigenvalue weighted by atomic mass is 19.4. The molecule has 0 saturated heterocycles. The molecule has 0 bridgehead atoms. The Labute approximate surface area is 101 Å². The number of carbonyl (C=O) groups is 1. The van der Waals surface area contributed by atoms with E-state index in [9.17, 15) is 18.0 Å². The van der Waals surface area contributed by atoms with E-state index in [1.165, 1.54) is 0 Å². The van der Waals surface area contributed by atoms with Crippen LogP contribution in [-0.4, -0.2) is 31.3 Å². The Morgan fingerprint density at radius 2 is 2.00 bits per heavy atom. The van der Waals surface area contributed by atoms with Gasteiger partial charge in [0.15, 0.2) is 11.5 Å². The summed E-state index contributed by atoms with van der Waals surface area (Å²) in [6, 6.07) is 6.64. The molecule has 98 valence electrons. The summed E-state index contributed by atoms with van der Waals surface area (Å²) in [5.41, 5.74) is 0. The first kappa shape index (κ1) is 12.5. The van der Waals surface area contributed by atoms with Gasteiger partial charge in [-0.1, -0.05) is 12.1 Å². The molecule has 0 aromatic heterocycles. The number of para-hydroxylation sites is 2. The molecule has 1 heterocycles. The SMILES string of the molecule is O=C(NCC(F)(F)F)C1COc2ccccc2O1. The topological polar surface area (TPSA) is 47.6 Å². The lowest BCUT2D eigenvalue weighted by molar-refractivity contribution is -0.144. The molecule has 1 amide bonds. The highest BCUT2D eigenvalue weighted by Gasteiger charge is 2.32. The minimum absolute atomic E-state index is 0.110. The van der Waals surface area contributed by atoms with Crippen LogP contribution in [0.2, 0.25) is 0 Å². The van der Waals surface area contributed by atoms with Gasteiger partial charge in [-0.25, -0.2) is 0 Å². The zero-order chi connectivity index (χ0) is 13.2. The second kappa shape index (κ2) is 4.75. The Hall–Kier alpha value is -1.92. The van der Waals surface area contributed by atoms with Gasteiger partial charge >= 0.3 is 6.18 Å². The van der Waals surface area contributed by atoms with Crippen molar-refractivity contribution in [1.29, 1.82) is 0 Å². The van der Waals surface area contributed by atoms with Crippen LogP contribution in [0.5, 0.6) is 11.5 Å². The van der Waals surface area contributed by atoms with Crippen LogP contribution in [-0.2, 0) is 4.79 Å². The molecule has 0 radical (unpaired) electrons. The van der Waals surface area contributed by atoms with Gasteiger partial charge in [0.25, 0.3) is 5.91 Å². The molecule has 1 aromatic carbocycles. The summed E-state index contributed by atoms with van der Waals surface area (Å²) in [5, 5.41) is 1.75. The molecule has 1 N–H and O–H groups in total. The van der Waals surface area contributed by atoms with Crippen LogP contribution in [0.3, 0.4) is 0 Å².